The fourth-order valence-electron chi connectivity index (χ4n) is 3.55. The number of hydrogen-bond donors (Lipinski definition) is 1. The molecule has 26 heavy (non-hydrogen) atoms. The van der Waals surface area contributed by atoms with Crippen molar-refractivity contribution in [3.63, 3.8) is 0 Å². The lowest BCUT2D eigenvalue weighted by Crippen LogP contribution is -2.26. The number of pyridine rings is 1. The molecule has 6 nitrogen and oxygen atoms in total. The summed E-state index contributed by atoms with van der Waals surface area (Å²) in [5.74, 6) is 0.688. The van der Waals surface area contributed by atoms with Gasteiger partial charge in [0.15, 0.2) is 0 Å². The monoisotopic (exact) mass is 348 g/mol. The minimum atomic E-state index is -0.432. The van der Waals surface area contributed by atoms with Gasteiger partial charge in [-0.15, -0.1) is 0 Å². The number of nitrogens with zero attached hydrogens (tertiary/aromatic N) is 3. The zero-order chi connectivity index (χ0) is 17.9. The van der Waals surface area contributed by atoms with Gasteiger partial charge in [0.2, 0.25) is 0 Å². The number of nitro groups is 1. The Bertz CT molecular complexity index is 921. The molecule has 1 atom stereocenters. The Kier molecular flexibility index (Phi) is 4.50. The normalized spacial score (nSPS) is 17.5. The quantitative estimate of drug-likeness (QED) is 0.560. The van der Waals surface area contributed by atoms with Crippen LogP contribution in [0, 0.1) is 10.1 Å². The van der Waals surface area contributed by atoms with Crippen LogP contribution in [0.3, 0.4) is 0 Å². The van der Waals surface area contributed by atoms with E-state index in [2.05, 4.69) is 57.7 Å². The summed E-state index contributed by atoms with van der Waals surface area (Å²) in [5, 5.41) is 16.7. The number of benzene rings is 2. The second kappa shape index (κ2) is 7.09. The molecule has 1 aliphatic rings. The van der Waals surface area contributed by atoms with Crippen LogP contribution in [0.15, 0.2) is 60.8 Å². The highest BCUT2D eigenvalue weighted by atomic mass is 16.6. The molecule has 1 aromatic heterocycles. The van der Waals surface area contributed by atoms with Gasteiger partial charge in [-0.1, -0.05) is 42.5 Å². The second-order valence-corrected chi connectivity index (χ2v) is 6.66. The molecule has 0 bridgehead atoms. The number of aromatic nitrogens is 1. The molecular weight excluding hydrogens is 328 g/mol. The van der Waals surface area contributed by atoms with Crippen LogP contribution in [-0.2, 0) is 6.54 Å². The SMILES string of the molecule is O=[N+]([O-])c1ccc(N[C@@H]2CCN(Cc3cccc4ccccc34)C2)nc1. The number of anilines is 1. The summed E-state index contributed by atoms with van der Waals surface area (Å²) < 4.78 is 0. The van der Waals surface area contributed by atoms with Gasteiger partial charge < -0.3 is 5.32 Å². The van der Waals surface area contributed by atoms with Crippen LogP contribution in [0.5, 0.6) is 0 Å². The molecule has 1 N–H and O–H groups in total. The fraction of sp³-hybridized carbons (Fsp3) is 0.250. The van der Waals surface area contributed by atoms with Crippen LogP contribution in [0.25, 0.3) is 10.8 Å². The van der Waals surface area contributed by atoms with E-state index >= 15 is 0 Å². The van der Waals surface area contributed by atoms with Crippen molar-refractivity contribution in [1.82, 2.24) is 9.88 Å². The van der Waals surface area contributed by atoms with Crippen molar-refractivity contribution in [3.8, 4) is 0 Å². The fourth-order valence-corrected chi connectivity index (χ4v) is 3.55. The molecule has 6 heteroatoms. The number of rotatable bonds is 5. The van der Waals surface area contributed by atoms with Gasteiger partial charge in [0, 0.05) is 31.7 Å². The Morgan fingerprint density at radius 2 is 2.00 bits per heavy atom. The predicted molar refractivity (Wildman–Crippen MR) is 102 cm³/mol. The summed E-state index contributed by atoms with van der Waals surface area (Å²) in [7, 11) is 0. The van der Waals surface area contributed by atoms with Crippen molar-refractivity contribution in [2.24, 2.45) is 0 Å². The van der Waals surface area contributed by atoms with Gasteiger partial charge in [-0.25, -0.2) is 4.98 Å². The van der Waals surface area contributed by atoms with Gasteiger partial charge in [0.1, 0.15) is 12.0 Å². The van der Waals surface area contributed by atoms with Gasteiger partial charge in [-0.2, -0.15) is 0 Å². The first-order valence-corrected chi connectivity index (χ1v) is 8.75. The van der Waals surface area contributed by atoms with Crippen molar-refractivity contribution < 1.29 is 4.92 Å². The van der Waals surface area contributed by atoms with Crippen molar-refractivity contribution in [3.05, 3.63) is 76.5 Å². The molecule has 2 heterocycles. The zero-order valence-corrected chi connectivity index (χ0v) is 14.3. The maximum absolute atomic E-state index is 10.7. The molecule has 0 spiro atoms. The van der Waals surface area contributed by atoms with E-state index in [1.165, 1.54) is 28.6 Å². The zero-order valence-electron chi connectivity index (χ0n) is 14.3. The average molecular weight is 348 g/mol. The van der Waals surface area contributed by atoms with E-state index in [1.54, 1.807) is 6.07 Å². The molecule has 0 saturated carbocycles. The molecule has 0 amide bonds. The molecule has 3 aromatic rings. The summed E-state index contributed by atoms with van der Waals surface area (Å²) in [5.41, 5.74) is 1.36. The second-order valence-electron chi connectivity index (χ2n) is 6.66. The van der Waals surface area contributed by atoms with Gasteiger partial charge >= 0.3 is 0 Å². The van der Waals surface area contributed by atoms with Gasteiger partial charge in [0.05, 0.1) is 4.92 Å². The van der Waals surface area contributed by atoms with Crippen LogP contribution < -0.4 is 5.32 Å². The molecule has 0 aliphatic carbocycles. The van der Waals surface area contributed by atoms with Gasteiger partial charge in [0.25, 0.3) is 5.69 Å². The third-order valence-electron chi connectivity index (χ3n) is 4.86. The van der Waals surface area contributed by atoms with Gasteiger partial charge in [-0.3, -0.25) is 15.0 Å². The highest BCUT2D eigenvalue weighted by Gasteiger charge is 2.23. The van der Waals surface area contributed by atoms with Gasteiger partial charge in [-0.05, 0) is 28.8 Å². The summed E-state index contributed by atoms with van der Waals surface area (Å²) in [6.45, 7) is 2.88. The van der Waals surface area contributed by atoms with Crippen LogP contribution in [0.4, 0.5) is 11.5 Å². The third kappa shape index (κ3) is 3.50. The lowest BCUT2D eigenvalue weighted by Gasteiger charge is -2.18. The molecule has 0 radical (unpaired) electrons. The molecule has 1 fully saturated rings. The molecule has 2 aromatic carbocycles. The highest BCUT2D eigenvalue weighted by Crippen LogP contribution is 2.23. The standard InChI is InChI=1S/C20H20N4O2/c25-24(26)18-8-9-20(21-12-18)22-17-10-11-23(14-17)13-16-6-3-5-15-4-1-2-7-19(15)16/h1-9,12,17H,10-11,13-14H2,(H,21,22)/t17-/m1/s1. The van der Waals surface area contributed by atoms with E-state index in [0.717, 1.165) is 26.1 Å². The van der Waals surface area contributed by atoms with Crippen molar-refractivity contribution in [1.29, 1.82) is 0 Å². The highest BCUT2D eigenvalue weighted by molar-refractivity contribution is 5.85. The van der Waals surface area contributed by atoms with Crippen molar-refractivity contribution in [2.45, 2.75) is 19.0 Å². The van der Waals surface area contributed by atoms with Crippen molar-refractivity contribution in [2.75, 3.05) is 18.4 Å². The first kappa shape index (κ1) is 16.5. The lowest BCUT2D eigenvalue weighted by atomic mass is 10.0. The first-order chi connectivity index (χ1) is 12.7. The number of likely N-dealkylation sites (tertiary alicyclic amines) is 1. The van der Waals surface area contributed by atoms with E-state index in [1.807, 2.05) is 0 Å². The minimum absolute atomic E-state index is 0.0135. The topological polar surface area (TPSA) is 71.3 Å². The van der Waals surface area contributed by atoms with E-state index in [9.17, 15) is 10.1 Å². The third-order valence-corrected chi connectivity index (χ3v) is 4.86. The summed E-state index contributed by atoms with van der Waals surface area (Å²) in [6.07, 6.45) is 2.33. The Morgan fingerprint density at radius 1 is 1.15 bits per heavy atom. The first-order valence-electron chi connectivity index (χ1n) is 8.75. The molecule has 0 unspecified atom stereocenters. The Hall–Kier alpha value is -2.99. The average Bonchev–Trinajstić information content (AvgIpc) is 3.09. The number of hydrogen-bond acceptors (Lipinski definition) is 5. The summed E-state index contributed by atoms with van der Waals surface area (Å²) in [4.78, 5) is 16.9. The smallest absolute Gasteiger partial charge is 0.287 e. The maximum Gasteiger partial charge on any atom is 0.287 e. The van der Waals surface area contributed by atoms with Crippen LogP contribution in [-0.4, -0.2) is 33.9 Å². The van der Waals surface area contributed by atoms with Crippen molar-refractivity contribution >= 4 is 22.3 Å². The molecule has 1 saturated heterocycles. The Labute approximate surface area is 151 Å². The molecule has 132 valence electrons. The molecule has 4 rings (SSSR count). The van der Waals surface area contributed by atoms with E-state index in [4.69, 9.17) is 0 Å². The predicted octanol–water partition coefficient (Wildman–Crippen LogP) is 3.83. The van der Waals surface area contributed by atoms with Crippen LogP contribution >= 0.6 is 0 Å². The Balaban J connectivity index is 1.40. The van der Waals surface area contributed by atoms with Crippen LogP contribution in [0.2, 0.25) is 0 Å². The minimum Gasteiger partial charge on any atom is -0.366 e. The number of nitrogens with one attached hydrogen (secondary N) is 1. The lowest BCUT2D eigenvalue weighted by molar-refractivity contribution is -0.385. The molecular formula is C20H20N4O2. The van der Waals surface area contributed by atoms with E-state index in [-0.39, 0.29) is 5.69 Å². The largest absolute Gasteiger partial charge is 0.366 e. The maximum atomic E-state index is 10.7. The number of fused-ring (bicyclic) bond motifs is 1. The Morgan fingerprint density at radius 3 is 2.81 bits per heavy atom. The summed E-state index contributed by atoms with van der Waals surface area (Å²) >= 11 is 0. The summed E-state index contributed by atoms with van der Waals surface area (Å²) in [6, 6.07) is 18.4. The molecule has 1 aliphatic heterocycles. The van der Waals surface area contributed by atoms with Crippen LogP contribution in [0.1, 0.15) is 12.0 Å². The van der Waals surface area contributed by atoms with E-state index in [0.29, 0.717) is 11.9 Å². The van der Waals surface area contributed by atoms with E-state index < -0.39 is 4.92 Å².